The van der Waals surface area contributed by atoms with Gasteiger partial charge in [-0.3, -0.25) is 19.3 Å². The Hall–Kier alpha value is -1.85. The van der Waals surface area contributed by atoms with Gasteiger partial charge in [-0.1, -0.05) is 20.3 Å². The molecule has 2 N–H and O–H groups in total. The van der Waals surface area contributed by atoms with E-state index in [4.69, 9.17) is 0 Å². The quantitative estimate of drug-likeness (QED) is 0.173. The van der Waals surface area contributed by atoms with E-state index in [0.29, 0.717) is 44.9 Å². The molecule has 0 bridgehead atoms. The lowest BCUT2D eigenvalue weighted by Gasteiger charge is -2.35. The smallest absolute Gasteiger partial charge is 0.222 e. The number of piperazine rings is 1. The lowest BCUT2D eigenvalue weighted by Crippen LogP contribution is -2.50. The van der Waals surface area contributed by atoms with E-state index in [-0.39, 0.29) is 35.8 Å². The fourth-order valence-electron chi connectivity index (χ4n) is 3.73. The van der Waals surface area contributed by atoms with E-state index in [9.17, 15) is 9.59 Å². The van der Waals surface area contributed by atoms with Gasteiger partial charge in [0.05, 0.1) is 0 Å². The molecule has 0 atom stereocenters. The van der Waals surface area contributed by atoms with Crippen LogP contribution in [0.5, 0.6) is 0 Å². The molecular weight excluding hydrogens is 533 g/mol. The molecule has 9 nitrogen and oxygen atoms in total. The molecular formula is C23H42IN7O2. The molecule has 1 aliphatic heterocycles. The zero-order valence-corrected chi connectivity index (χ0v) is 22.8. The average molecular weight is 576 g/mol. The molecule has 1 fully saturated rings. The fraction of sp³-hybridized carbons (Fsp3) is 0.739. The standard InChI is InChI=1S/C23H41N7O2.HI/c1-20(2)19-22(32)29-17-15-28(16-18-29)21(31)9-5-4-6-10-25-23(24-3)26-11-7-13-30-14-8-12-27-30;/h8,12,14,20H,4-7,9-11,13,15-19H2,1-3H3,(H2,24,25,26);1H. The van der Waals surface area contributed by atoms with Crippen molar-refractivity contribution in [2.45, 2.75) is 58.9 Å². The Bertz CT molecular complexity index is 702. The van der Waals surface area contributed by atoms with Gasteiger partial charge in [-0.25, -0.2) is 0 Å². The summed E-state index contributed by atoms with van der Waals surface area (Å²) in [5, 5.41) is 10.8. The highest BCUT2D eigenvalue weighted by Crippen LogP contribution is 2.10. The Morgan fingerprint density at radius 3 is 2.18 bits per heavy atom. The zero-order chi connectivity index (χ0) is 23.2. The number of guanidine groups is 1. The number of carbonyl (C=O) groups is 2. The van der Waals surface area contributed by atoms with E-state index in [2.05, 4.69) is 34.6 Å². The van der Waals surface area contributed by atoms with Crippen molar-refractivity contribution in [1.29, 1.82) is 0 Å². The summed E-state index contributed by atoms with van der Waals surface area (Å²) in [4.78, 5) is 32.6. The maximum Gasteiger partial charge on any atom is 0.222 e. The Kier molecular flexibility index (Phi) is 14.8. The first-order chi connectivity index (χ1) is 15.5. The van der Waals surface area contributed by atoms with E-state index in [1.807, 2.05) is 26.7 Å². The van der Waals surface area contributed by atoms with Crippen LogP contribution in [0.2, 0.25) is 0 Å². The molecule has 10 heteroatoms. The van der Waals surface area contributed by atoms with Crippen LogP contribution in [0.3, 0.4) is 0 Å². The molecule has 0 spiro atoms. The lowest BCUT2D eigenvalue weighted by molar-refractivity contribution is -0.140. The Morgan fingerprint density at radius 1 is 0.970 bits per heavy atom. The molecule has 2 heterocycles. The van der Waals surface area contributed by atoms with Crippen molar-refractivity contribution >= 4 is 41.8 Å². The van der Waals surface area contributed by atoms with Gasteiger partial charge in [-0.15, -0.1) is 24.0 Å². The van der Waals surface area contributed by atoms with Crippen LogP contribution >= 0.6 is 24.0 Å². The highest BCUT2D eigenvalue weighted by molar-refractivity contribution is 14.0. The van der Waals surface area contributed by atoms with Crippen molar-refractivity contribution in [2.75, 3.05) is 46.3 Å². The molecule has 0 unspecified atom stereocenters. The van der Waals surface area contributed by atoms with Crippen LogP contribution in [0.25, 0.3) is 0 Å². The number of aryl methyl sites for hydroxylation is 1. The summed E-state index contributed by atoms with van der Waals surface area (Å²) < 4.78 is 1.92. The van der Waals surface area contributed by atoms with Gasteiger partial charge in [0.2, 0.25) is 11.8 Å². The van der Waals surface area contributed by atoms with Crippen molar-refractivity contribution < 1.29 is 9.59 Å². The van der Waals surface area contributed by atoms with Crippen LogP contribution in [-0.2, 0) is 16.1 Å². The molecule has 188 valence electrons. The van der Waals surface area contributed by atoms with Gasteiger partial charge in [-0.05, 0) is 31.2 Å². The second-order valence-corrected chi connectivity index (χ2v) is 8.72. The van der Waals surface area contributed by atoms with E-state index in [1.165, 1.54) is 0 Å². The van der Waals surface area contributed by atoms with Crippen molar-refractivity contribution in [3.8, 4) is 0 Å². The molecule has 1 saturated heterocycles. The third-order valence-electron chi connectivity index (χ3n) is 5.57. The molecule has 0 radical (unpaired) electrons. The number of nitrogens with one attached hydrogen (secondary N) is 2. The number of aromatic nitrogens is 2. The van der Waals surface area contributed by atoms with Crippen molar-refractivity contribution in [3.05, 3.63) is 18.5 Å². The van der Waals surface area contributed by atoms with E-state index >= 15 is 0 Å². The first-order valence-corrected chi connectivity index (χ1v) is 12.0. The number of halogens is 1. The van der Waals surface area contributed by atoms with Crippen molar-refractivity contribution in [3.63, 3.8) is 0 Å². The van der Waals surface area contributed by atoms with Crippen molar-refractivity contribution in [1.82, 2.24) is 30.2 Å². The maximum absolute atomic E-state index is 12.4. The van der Waals surface area contributed by atoms with Crippen LogP contribution in [-0.4, -0.2) is 83.7 Å². The summed E-state index contributed by atoms with van der Waals surface area (Å²) in [5.74, 6) is 1.61. The van der Waals surface area contributed by atoms with Crippen LogP contribution < -0.4 is 10.6 Å². The summed E-state index contributed by atoms with van der Waals surface area (Å²) in [6.45, 7) is 9.32. The van der Waals surface area contributed by atoms with Gasteiger partial charge < -0.3 is 20.4 Å². The van der Waals surface area contributed by atoms with E-state index in [0.717, 1.165) is 51.3 Å². The third kappa shape index (κ3) is 11.7. The number of amides is 2. The van der Waals surface area contributed by atoms with Gasteiger partial charge in [0, 0.05) is 78.1 Å². The van der Waals surface area contributed by atoms with Crippen LogP contribution in [0.1, 0.15) is 52.4 Å². The highest BCUT2D eigenvalue weighted by Gasteiger charge is 2.23. The monoisotopic (exact) mass is 575 g/mol. The van der Waals surface area contributed by atoms with Crippen LogP contribution in [0, 0.1) is 5.92 Å². The number of unbranched alkanes of at least 4 members (excludes halogenated alkanes) is 2. The largest absolute Gasteiger partial charge is 0.356 e. The molecule has 0 saturated carbocycles. The summed E-state index contributed by atoms with van der Waals surface area (Å²) >= 11 is 0. The average Bonchev–Trinajstić information content (AvgIpc) is 3.30. The number of carbonyl (C=O) groups excluding carboxylic acids is 2. The van der Waals surface area contributed by atoms with E-state index < -0.39 is 0 Å². The number of hydrogen-bond acceptors (Lipinski definition) is 4. The third-order valence-corrected chi connectivity index (χ3v) is 5.57. The molecule has 0 aromatic carbocycles. The minimum atomic E-state index is 0. The summed E-state index contributed by atoms with van der Waals surface area (Å²) in [5.41, 5.74) is 0. The fourth-order valence-corrected chi connectivity index (χ4v) is 3.73. The van der Waals surface area contributed by atoms with Gasteiger partial charge >= 0.3 is 0 Å². The second-order valence-electron chi connectivity index (χ2n) is 8.72. The number of rotatable bonds is 12. The lowest BCUT2D eigenvalue weighted by atomic mass is 10.1. The summed E-state index contributed by atoms with van der Waals surface area (Å²) in [6.07, 6.45) is 8.80. The van der Waals surface area contributed by atoms with Gasteiger partial charge in [0.25, 0.3) is 0 Å². The van der Waals surface area contributed by atoms with Crippen LogP contribution in [0.15, 0.2) is 23.5 Å². The topological polar surface area (TPSA) is 94.9 Å². The number of nitrogens with zero attached hydrogens (tertiary/aromatic N) is 5. The van der Waals surface area contributed by atoms with Gasteiger partial charge in [0.1, 0.15) is 0 Å². The summed E-state index contributed by atoms with van der Waals surface area (Å²) in [6, 6.07) is 1.93. The molecule has 1 aliphatic rings. The SMILES string of the molecule is CN=C(NCCCCCC(=O)N1CCN(C(=O)CC(C)C)CC1)NCCCn1cccn1.I. The normalized spacial score (nSPS) is 14.2. The van der Waals surface area contributed by atoms with Gasteiger partial charge in [0.15, 0.2) is 5.96 Å². The highest BCUT2D eigenvalue weighted by atomic mass is 127. The van der Waals surface area contributed by atoms with Crippen molar-refractivity contribution in [2.24, 2.45) is 10.9 Å². The van der Waals surface area contributed by atoms with Gasteiger partial charge in [-0.2, -0.15) is 5.10 Å². The minimum absolute atomic E-state index is 0. The molecule has 2 amide bonds. The Labute approximate surface area is 215 Å². The predicted molar refractivity (Wildman–Crippen MR) is 143 cm³/mol. The second kappa shape index (κ2) is 16.7. The molecule has 1 aromatic heterocycles. The summed E-state index contributed by atoms with van der Waals surface area (Å²) in [7, 11) is 1.78. The number of hydrogen-bond donors (Lipinski definition) is 2. The molecule has 0 aliphatic carbocycles. The maximum atomic E-state index is 12.4. The first-order valence-electron chi connectivity index (χ1n) is 12.0. The Balaban J connectivity index is 0.00000544. The predicted octanol–water partition coefficient (Wildman–Crippen LogP) is 2.33. The number of aliphatic imine (C=N–C) groups is 1. The van der Waals surface area contributed by atoms with E-state index in [1.54, 1.807) is 13.2 Å². The molecule has 1 aromatic rings. The van der Waals surface area contributed by atoms with Crippen LogP contribution in [0.4, 0.5) is 0 Å². The molecule has 2 rings (SSSR count). The Morgan fingerprint density at radius 2 is 1.61 bits per heavy atom. The molecule has 33 heavy (non-hydrogen) atoms. The first kappa shape index (κ1) is 29.2. The zero-order valence-electron chi connectivity index (χ0n) is 20.5. The minimum Gasteiger partial charge on any atom is -0.356 e.